The third-order valence-electron chi connectivity index (χ3n) is 3.68. The molecule has 1 aromatic heterocycles. The van der Waals surface area contributed by atoms with Gasteiger partial charge in [0.25, 0.3) is 0 Å². The molecule has 0 spiro atoms. The number of amides is 1. The second-order valence-corrected chi connectivity index (χ2v) is 5.52. The normalized spacial score (nSPS) is 12.8. The van der Waals surface area contributed by atoms with E-state index in [0.29, 0.717) is 13.0 Å². The summed E-state index contributed by atoms with van der Waals surface area (Å²) in [4.78, 5) is 17.2. The Hall–Kier alpha value is -1.85. The Morgan fingerprint density at radius 3 is 2.76 bits per heavy atom. The molecular weight excluding hydrogens is 266 g/mol. The molecule has 114 valence electrons. The van der Waals surface area contributed by atoms with Crippen LogP contribution in [-0.4, -0.2) is 46.1 Å². The Bertz CT molecular complexity index is 606. The van der Waals surface area contributed by atoms with Gasteiger partial charge in [0.2, 0.25) is 5.91 Å². The average Bonchev–Trinajstić information content (AvgIpc) is 2.87. The summed E-state index contributed by atoms with van der Waals surface area (Å²) in [7, 11) is 0. The van der Waals surface area contributed by atoms with E-state index in [-0.39, 0.29) is 18.6 Å². The molecule has 1 amide bonds. The number of aromatic nitrogens is 1. The van der Waals surface area contributed by atoms with Gasteiger partial charge in [-0.15, -0.1) is 0 Å². The monoisotopic (exact) mass is 289 g/mol. The number of nitrogens with one attached hydrogen (secondary N) is 1. The Kier molecular flexibility index (Phi) is 4.98. The first-order valence-corrected chi connectivity index (χ1v) is 7.26. The maximum absolute atomic E-state index is 12.4. The molecule has 5 heteroatoms. The number of hydrogen-bond donors (Lipinski definition) is 3. The van der Waals surface area contributed by atoms with Crippen LogP contribution in [0.5, 0.6) is 0 Å². The number of aliphatic hydroxyl groups excluding tert-OH is 1. The molecule has 0 aliphatic heterocycles. The van der Waals surface area contributed by atoms with Gasteiger partial charge in [0.1, 0.15) is 0 Å². The predicted octanol–water partition coefficient (Wildman–Crippen LogP) is 1.27. The van der Waals surface area contributed by atoms with E-state index >= 15 is 0 Å². The van der Waals surface area contributed by atoms with Crippen molar-refractivity contribution in [3.8, 4) is 0 Å². The highest BCUT2D eigenvalue weighted by molar-refractivity contribution is 5.86. The van der Waals surface area contributed by atoms with Crippen molar-refractivity contribution in [3.63, 3.8) is 0 Å². The number of carbonyl (C=O) groups excluding carboxylic acids is 1. The molecule has 0 saturated heterocycles. The number of nitrogens with zero attached hydrogens (tertiary/aromatic N) is 1. The van der Waals surface area contributed by atoms with Crippen LogP contribution in [0.15, 0.2) is 30.5 Å². The fraction of sp³-hybridized carbons (Fsp3) is 0.438. The topological polar surface area (TPSA) is 82.3 Å². The smallest absolute Gasteiger partial charge is 0.240 e. The van der Waals surface area contributed by atoms with Crippen LogP contribution in [0.1, 0.15) is 19.4 Å². The van der Waals surface area contributed by atoms with Crippen molar-refractivity contribution in [2.24, 2.45) is 5.73 Å². The average molecular weight is 289 g/mol. The van der Waals surface area contributed by atoms with Crippen molar-refractivity contribution < 1.29 is 9.90 Å². The van der Waals surface area contributed by atoms with E-state index in [2.05, 4.69) is 4.98 Å². The summed E-state index contributed by atoms with van der Waals surface area (Å²) in [6, 6.07) is 7.39. The van der Waals surface area contributed by atoms with Gasteiger partial charge in [0.05, 0.1) is 12.6 Å². The SMILES string of the molecule is CC(C)N(CCO)C(=O)[C@H](N)Cc1c[nH]c2ccccc12. The van der Waals surface area contributed by atoms with Crippen LogP contribution in [-0.2, 0) is 11.2 Å². The van der Waals surface area contributed by atoms with E-state index in [1.807, 2.05) is 44.3 Å². The second-order valence-electron chi connectivity index (χ2n) is 5.52. The summed E-state index contributed by atoms with van der Waals surface area (Å²) in [6.07, 6.45) is 2.39. The molecule has 0 aliphatic rings. The number of fused-ring (bicyclic) bond motifs is 1. The Labute approximate surface area is 124 Å². The van der Waals surface area contributed by atoms with Gasteiger partial charge in [-0.25, -0.2) is 0 Å². The van der Waals surface area contributed by atoms with Crippen LogP contribution >= 0.6 is 0 Å². The lowest BCUT2D eigenvalue weighted by atomic mass is 10.0. The maximum Gasteiger partial charge on any atom is 0.240 e. The minimum Gasteiger partial charge on any atom is -0.395 e. The quantitative estimate of drug-likeness (QED) is 0.749. The molecule has 0 radical (unpaired) electrons. The number of hydrogen-bond acceptors (Lipinski definition) is 3. The van der Waals surface area contributed by atoms with E-state index < -0.39 is 6.04 Å². The highest BCUT2D eigenvalue weighted by Gasteiger charge is 2.23. The summed E-state index contributed by atoms with van der Waals surface area (Å²) in [6.45, 7) is 4.11. The van der Waals surface area contributed by atoms with Gasteiger partial charge in [-0.05, 0) is 31.9 Å². The van der Waals surface area contributed by atoms with Gasteiger partial charge in [0.15, 0.2) is 0 Å². The summed E-state index contributed by atoms with van der Waals surface area (Å²) < 4.78 is 0. The van der Waals surface area contributed by atoms with E-state index in [1.54, 1.807) is 4.90 Å². The number of nitrogens with two attached hydrogens (primary N) is 1. The fourth-order valence-corrected chi connectivity index (χ4v) is 2.57. The minimum atomic E-state index is -0.599. The molecule has 0 bridgehead atoms. The molecule has 2 aromatic rings. The van der Waals surface area contributed by atoms with Crippen LogP contribution < -0.4 is 5.73 Å². The number of aromatic amines is 1. The first-order valence-electron chi connectivity index (χ1n) is 7.26. The molecule has 21 heavy (non-hydrogen) atoms. The van der Waals surface area contributed by atoms with Crippen LogP contribution in [0.2, 0.25) is 0 Å². The Morgan fingerprint density at radius 1 is 1.38 bits per heavy atom. The number of para-hydroxylation sites is 1. The zero-order chi connectivity index (χ0) is 15.4. The van der Waals surface area contributed by atoms with Crippen molar-refractivity contribution in [2.45, 2.75) is 32.4 Å². The third kappa shape index (κ3) is 3.43. The standard InChI is InChI=1S/C16H23N3O2/c1-11(2)19(7-8-20)16(21)14(17)9-12-10-18-15-6-4-3-5-13(12)15/h3-6,10-11,14,18,20H,7-9,17H2,1-2H3/t14-/m1/s1. The molecule has 0 saturated carbocycles. The largest absolute Gasteiger partial charge is 0.395 e. The van der Waals surface area contributed by atoms with Crippen LogP contribution in [0.25, 0.3) is 10.9 Å². The maximum atomic E-state index is 12.4. The van der Waals surface area contributed by atoms with Crippen LogP contribution in [0, 0.1) is 0 Å². The molecule has 1 atom stereocenters. The van der Waals surface area contributed by atoms with Gasteiger partial charge in [-0.2, -0.15) is 0 Å². The zero-order valence-electron chi connectivity index (χ0n) is 12.5. The van der Waals surface area contributed by atoms with E-state index in [1.165, 1.54) is 0 Å². The van der Waals surface area contributed by atoms with Crippen molar-refractivity contribution in [3.05, 3.63) is 36.0 Å². The fourth-order valence-electron chi connectivity index (χ4n) is 2.57. The second kappa shape index (κ2) is 6.74. The third-order valence-corrected chi connectivity index (χ3v) is 3.68. The van der Waals surface area contributed by atoms with Gasteiger partial charge in [-0.1, -0.05) is 18.2 Å². The van der Waals surface area contributed by atoms with Gasteiger partial charge < -0.3 is 20.7 Å². The zero-order valence-corrected chi connectivity index (χ0v) is 12.5. The summed E-state index contributed by atoms with van der Waals surface area (Å²) in [5, 5.41) is 10.2. The Morgan fingerprint density at radius 2 is 2.10 bits per heavy atom. The molecule has 0 unspecified atom stereocenters. The summed E-state index contributed by atoms with van der Waals surface area (Å²) in [5.74, 6) is -0.121. The number of carbonyl (C=O) groups is 1. The number of benzene rings is 1. The number of aliphatic hydroxyl groups is 1. The molecule has 5 nitrogen and oxygen atoms in total. The van der Waals surface area contributed by atoms with Crippen molar-refractivity contribution in [2.75, 3.05) is 13.2 Å². The van der Waals surface area contributed by atoms with Gasteiger partial charge in [-0.3, -0.25) is 4.79 Å². The van der Waals surface area contributed by atoms with Crippen molar-refractivity contribution in [1.82, 2.24) is 9.88 Å². The lowest BCUT2D eigenvalue weighted by molar-refractivity contribution is -0.134. The number of rotatable bonds is 6. The van der Waals surface area contributed by atoms with Gasteiger partial charge >= 0.3 is 0 Å². The first-order chi connectivity index (χ1) is 10.0. The van der Waals surface area contributed by atoms with Crippen LogP contribution in [0.4, 0.5) is 0 Å². The highest BCUT2D eigenvalue weighted by atomic mass is 16.3. The van der Waals surface area contributed by atoms with Gasteiger partial charge in [0, 0.05) is 29.7 Å². The number of H-pyrrole nitrogens is 1. The summed E-state index contributed by atoms with van der Waals surface area (Å²) in [5.41, 5.74) is 8.17. The highest BCUT2D eigenvalue weighted by Crippen LogP contribution is 2.19. The molecular formula is C16H23N3O2. The molecule has 0 fully saturated rings. The molecule has 4 N–H and O–H groups in total. The lowest BCUT2D eigenvalue weighted by Gasteiger charge is -2.28. The van der Waals surface area contributed by atoms with E-state index in [9.17, 15) is 4.79 Å². The van der Waals surface area contributed by atoms with Crippen LogP contribution in [0.3, 0.4) is 0 Å². The predicted molar refractivity (Wildman–Crippen MR) is 83.9 cm³/mol. The molecule has 2 rings (SSSR count). The lowest BCUT2D eigenvalue weighted by Crippen LogP contribution is -2.48. The van der Waals surface area contributed by atoms with E-state index in [0.717, 1.165) is 16.5 Å². The van der Waals surface area contributed by atoms with E-state index in [4.69, 9.17) is 10.8 Å². The first kappa shape index (κ1) is 15.5. The Balaban J connectivity index is 2.13. The minimum absolute atomic E-state index is 0.0265. The summed E-state index contributed by atoms with van der Waals surface area (Å²) >= 11 is 0. The molecule has 1 aromatic carbocycles. The molecule has 1 heterocycles. The van der Waals surface area contributed by atoms with Crippen molar-refractivity contribution in [1.29, 1.82) is 0 Å². The molecule has 0 aliphatic carbocycles. The van der Waals surface area contributed by atoms with Crippen molar-refractivity contribution >= 4 is 16.8 Å².